The zero-order valence-corrected chi connectivity index (χ0v) is 13.1. The van der Waals surface area contributed by atoms with Crippen molar-refractivity contribution in [3.63, 3.8) is 0 Å². The molecule has 1 aromatic heterocycles. The second-order valence-electron chi connectivity index (χ2n) is 4.98. The molecule has 0 amide bonds. The lowest BCUT2D eigenvalue weighted by Gasteiger charge is -2.09. The van der Waals surface area contributed by atoms with Crippen LogP contribution in [0.1, 0.15) is 0 Å². The van der Waals surface area contributed by atoms with Crippen LogP contribution in [0.3, 0.4) is 0 Å². The summed E-state index contributed by atoms with van der Waals surface area (Å²) in [7, 11) is 0. The number of fused-ring (bicyclic) bond motifs is 1. The highest BCUT2D eigenvalue weighted by molar-refractivity contribution is 6.32. The number of nitrogens with zero attached hydrogens (tertiary/aromatic N) is 3. The van der Waals surface area contributed by atoms with Gasteiger partial charge >= 0.3 is 0 Å². The maximum atomic E-state index is 12.4. The van der Waals surface area contributed by atoms with Gasteiger partial charge in [0.2, 0.25) is 0 Å². The summed E-state index contributed by atoms with van der Waals surface area (Å²) < 4.78 is 6.89. The molecule has 0 bridgehead atoms. The van der Waals surface area contributed by atoms with Crippen molar-refractivity contribution in [2.24, 2.45) is 0 Å². The minimum Gasteiger partial charge on any atom is -0.490 e. The Balaban J connectivity index is 1.82. The van der Waals surface area contributed by atoms with Gasteiger partial charge in [0.15, 0.2) is 0 Å². The number of nitro groups is 1. The van der Waals surface area contributed by atoms with Crippen LogP contribution in [-0.2, 0) is 6.54 Å². The van der Waals surface area contributed by atoms with Crippen LogP contribution in [0.4, 0.5) is 5.69 Å². The lowest BCUT2D eigenvalue weighted by atomic mass is 10.2. The average molecular weight is 346 g/mol. The Morgan fingerprint density at radius 2 is 2.04 bits per heavy atom. The Morgan fingerprint density at radius 3 is 2.79 bits per heavy atom. The summed E-state index contributed by atoms with van der Waals surface area (Å²) in [6, 6.07) is 11.0. The highest BCUT2D eigenvalue weighted by atomic mass is 35.5. The molecule has 0 atom stereocenters. The summed E-state index contributed by atoms with van der Waals surface area (Å²) in [5.74, 6) is 0.525. The van der Waals surface area contributed by atoms with Gasteiger partial charge in [0, 0.05) is 12.1 Å². The molecule has 3 aromatic rings. The summed E-state index contributed by atoms with van der Waals surface area (Å²) in [5.41, 5.74) is -0.0909. The standard InChI is InChI=1S/C16H12ClN3O4/c17-13-3-1-2-4-15(13)24-8-7-19-10-18-14-6-5-11(20(22)23)9-12(14)16(19)21/h1-6,9-10H,7-8H2. The van der Waals surface area contributed by atoms with Gasteiger partial charge in [0.25, 0.3) is 11.2 Å². The summed E-state index contributed by atoms with van der Waals surface area (Å²) in [4.78, 5) is 26.9. The van der Waals surface area contributed by atoms with Crippen molar-refractivity contribution in [1.82, 2.24) is 9.55 Å². The number of ether oxygens (including phenoxy) is 1. The molecule has 0 aliphatic heterocycles. The third kappa shape index (κ3) is 3.21. The van der Waals surface area contributed by atoms with Crippen molar-refractivity contribution in [2.45, 2.75) is 6.54 Å². The Bertz CT molecular complexity index is 971. The first-order valence-corrected chi connectivity index (χ1v) is 7.45. The SMILES string of the molecule is O=c1c2cc([N+](=O)[O-])ccc2ncn1CCOc1ccccc1Cl. The molecule has 0 fully saturated rings. The highest BCUT2D eigenvalue weighted by Gasteiger charge is 2.11. The number of nitro benzene ring substituents is 1. The van der Waals surface area contributed by atoms with Crippen LogP contribution < -0.4 is 10.3 Å². The number of hydrogen-bond acceptors (Lipinski definition) is 5. The smallest absolute Gasteiger partial charge is 0.270 e. The van der Waals surface area contributed by atoms with Crippen LogP contribution in [-0.4, -0.2) is 21.1 Å². The van der Waals surface area contributed by atoms with Crippen LogP contribution in [0.2, 0.25) is 5.02 Å². The number of non-ortho nitro benzene ring substituents is 1. The number of hydrogen-bond donors (Lipinski definition) is 0. The number of aromatic nitrogens is 2. The van der Waals surface area contributed by atoms with Crippen molar-refractivity contribution in [3.8, 4) is 5.75 Å². The largest absolute Gasteiger partial charge is 0.490 e. The number of benzene rings is 2. The predicted octanol–water partition coefficient (Wildman–Crippen LogP) is 3.04. The molecule has 3 rings (SSSR count). The lowest BCUT2D eigenvalue weighted by Crippen LogP contribution is -2.23. The highest BCUT2D eigenvalue weighted by Crippen LogP contribution is 2.23. The van der Waals surface area contributed by atoms with E-state index in [0.29, 0.717) is 16.3 Å². The molecule has 0 saturated heterocycles. The zero-order chi connectivity index (χ0) is 17.1. The Labute approximate surface area is 141 Å². The molecule has 0 N–H and O–H groups in total. The number of rotatable bonds is 5. The van der Waals surface area contributed by atoms with E-state index in [2.05, 4.69) is 4.98 Å². The van der Waals surface area contributed by atoms with Gasteiger partial charge in [0.1, 0.15) is 12.4 Å². The molecule has 0 unspecified atom stereocenters. The van der Waals surface area contributed by atoms with Gasteiger partial charge in [-0.15, -0.1) is 0 Å². The normalized spacial score (nSPS) is 10.7. The molecule has 0 radical (unpaired) electrons. The maximum absolute atomic E-state index is 12.4. The van der Waals surface area contributed by atoms with Crippen LogP contribution in [0.15, 0.2) is 53.6 Å². The van der Waals surface area contributed by atoms with Gasteiger partial charge in [-0.3, -0.25) is 19.5 Å². The molecule has 0 saturated carbocycles. The van der Waals surface area contributed by atoms with E-state index >= 15 is 0 Å². The van der Waals surface area contributed by atoms with E-state index in [1.807, 2.05) is 0 Å². The molecule has 0 aliphatic carbocycles. The second kappa shape index (κ2) is 6.67. The molecule has 1 heterocycles. The van der Waals surface area contributed by atoms with Gasteiger partial charge in [-0.05, 0) is 18.2 Å². The van der Waals surface area contributed by atoms with E-state index < -0.39 is 4.92 Å². The summed E-state index contributed by atoms with van der Waals surface area (Å²) in [6.07, 6.45) is 1.40. The van der Waals surface area contributed by atoms with E-state index in [9.17, 15) is 14.9 Å². The molecule has 0 spiro atoms. The molecule has 24 heavy (non-hydrogen) atoms. The molecule has 7 nitrogen and oxygen atoms in total. The van der Waals surface area contributed by atoms with Crippen molar-refractivity contribution in [2.75, 3.05) is 6.61 Å². The first-order valence-electron chi connectivity index (χ1n) is 7.07. The average Bonchev–Trinajstić information content (AvgIpc) is 2.58. The van der Waals surface area contributed by atoms with E-state index in [0.717, 1.165) is 0 Å². The third-order valence-electron chi connectivity index (χ3n) is 3.44. The Hall–Kier alpha value is -2.93. The first-order chi connectivity index (χ1) is 11.6. The van der Waals surface area contributed by atoms with Gasteiger partial charge in [-0.1, -0.05) is 23.7 Å². The topological polar surface area (TPSA) is 87.3 Å². The van der Waals surface area contributed by atoms with Crippen LogP contribution in [0.5, 0.6) is 5.75 Å². The fourth-order valence-electron chi connectivity index (χ4n) is 2.24. The zero-order valence-electron chi connectivity index (χ0n) is 12.4. The van der Waals surface area contributed by atoms with Gasteiger partial charge < -0.3 is 4.74 Å². The summed E-state index contributed by atoms with van der Waals surface area (Å²) >= 11 is 5.99. The van der Waals surface area contributed by atoms with Crippen molar-refractivity contribution in [3.05, 3.63) is 74.3 Å². The fraction of sp³-hybridized carbons (Fsp3) is 0.125. The molecule has 122 valence electrons. The Morgan fingerprint density at radius 1 is 1.25 bits per heavy atom. The first kappa shape index (κ1) is 15.9. The van der Waals surface area contributed by atoms with Gasteiger partial charge in [0.05, 0.1) is 33.7 Å². The number of para-hydroxylation sites is 1. The minimum absolute atomic E-state index is 0.147. The summed E-state index contributed by atoms with van der Waals surface area (Å²) in [6.45, 7) is 0.460. The maximum Gasteiger partial charge on any atom is 0.270 e. The van der Waals surface area contributed by atoms with Crippen LogP contribution in [0.25, 0.3) is 10.9 Å². The molecule has 2 aromatic carbocycles. The van der Waals surface area contributed by atoms with E-state index in [-0.39, 0.29) is 29.8 Å². The third-order valence-corrected chi connectivity index (χ3v) is 3.76. The van der Waals surface area contributed by atoms with Crippen molar-refractivity contribution < 1.29 is 9.66 Å². The second-order valence-corrected chi connectivity index (χ2v) is 5.39. The molecule has 8 heteroatoms. The van der Waals surface area contributed by atoms with Gasteiger partial charge in [-0.2, -0.15) is 0 Å². The molecular weight excluding hydrogens is 334 g/mol. The van der Waals surface area contributed by atoms with Gasteiger partial charge in [-0.25, -0.2) is 4.98 Å². The van der Waals surface area contributed by atoms with Crippen LogP contribution in [0, 0.1) is 10.1 Å². The summed E-state index contributed by atoms with van der Waals surface area (Å²) in [5, 5.41) is 11.5. The van der Waals surface area contributed by atoms with E-state index in [1.165, 1.54) is 29.1 Å². The van der Waals surface area contributed by atoms with E-state index in [1.54, 1.807) is 24.3 Å². The number of halogens is 1. The molecular formula is C16H12ClN3O4. The minimum atomic E-state index is -0.545. The molecule has 0 aliphatic rings. The Kier molecular flexibility index (Phi) is 4.43. The lowest BCUT2D eigenvalue weighted by molar-refractivity contribution is -0.384. The quantitative estimate of drug-likeness (QED) is 0.524. The van der Waals surface area contributed by atoms with Crippen molar-refractivity contribution in [1.29, 1.82) is 0 Å². The predicted molar refractivity (Wildman–Crippen MR) is 89.6 cm³/mol. The van der Waals surface area contributed by atoms with Crippen molar-refractivity contribution >= 4 is 28.2 Å². The van der Waals surface area contributed by atoms with Crippen LogP contribution >= 0.6 is 11.6 Å². The monoisotopic (exact) mass is 345 g/mol. The fourth-order valence-corrected chi connectivity index (χ4v) is 2.43. The van der Waals surface area contributed by atoms with E-state index in [4.69, 9.17) is 16.3 Å².